The fourth-order valence-electron chi connectivity index (χ4n) is 7.78. The molecule has 0 unspecified atom stereocenters. The molecule has 0 spiro atoms. The van der Waals surface area contributed by atoms with Crippen molar-refractivity contribution >= 4 is 21.9 Å². The molecule has 4 rings (SSSR count). The van der Waals surface area contributed by atoms with Crippen LogP contribution in [0.4, 0.5) is 0 Å². The minimum absolute atomic E-state index is 0.00556. The van der Waals surface area contributed by atoms with Gasteiger partial charge in [0, 0.05) is 25.3 Å². The van der Waals surface area contributed by atoms with Crippen LogP contribution in [-0.2, 0) is 33.2 Å². The van der Waals surface area contributed by atoms with Gasteiger partial charge >= 0.3 is 5.97 Å². The topological polar surface area (TPSA) is 92.7 Å². The molecule has 0 aromatic heterocycles. The van der Waals surface area contributed by atoms with Gasteiger partial charge in [0.25, 0.3) is 0 Å². The summed E-state index contributed by atoms with van der Waals surface area (Å²) in [5, 5.41) is 12.0. The predicted octanol–water partition coefficient (Wildman–Crippen LogP) is 6.18. The van der Waals surface area contributed by atoms with Crippen molar-refractivity contribution in [1.29, 1.82) is 0 Å². The Morgan fingerprint density at radius 2 is 1.67 bits per heavy atom. The van der Waals surface area contributed by atoms with E-state index in [1.807, 2.05) is 13.8 Å². The Morgan fingerprint density at radius 1 is 1.02 bits per heavy atom. The molecule has 4 fully saturated rings. The van der Waals surface area contributed by atoms with Crippen molar-refractivity contribution in [3.63, 3.8) is 0 Å². The van der Waals surface area contributed by atoms with E-state index in [1.54, 1.807) is 14.0 Å². The van der Waals surface area contributed by atoms with Gasteiger partial charge in [-0.05, 0) is 99.8 Å². The molecule has 4 heterocycles. The van der Waals surface area contributed by atoms with Crippen molar-refractivity contribution < 1.29 is 38.3 Å². The molecule has 0 saturated carbocycles. The number of ether oxygens (including phenoxy) is 6. The summed E-state index contributed by atoms with van der Waals surface area (Å²) in [7, 11) is 1.67. The standard InChI is InChI=1S/C33H55BrO8/c1-20(2)22(37-10)13-16-31(7)27(38-21(3)35)19-28(41-31)33(9,36)26-12-11-24-30(6,40-26)18-15-25(39-24)32(8)17-14-23(34)29(4,5)42-32/h22-28,36H,1,11-19H2,2-10H3/t22-,23-,24-,25-,26+,27-,28-,30+,31+,32+,33-/m1/s1. The largest absolute Gasteiger partial charge is 0.459 e. The first-order valence-corrected chi connectivity index (χ1v) is 16.7. The fourth-order valence-corrected chi connectivity index (χ4v) is 8.10. The monoisotopic (exact) mass is 658 g/mol. The number of carbonyl (C=O) groups is 1. The van der Waals surface area contributed by atoms with Crippen LogP contribution < -0.4 is 0 Å². The van der Waals surface area contributed by atoms with Crippen LogP contribution in [0.3, 0.4) is 0 Å². The van der Waals surface area contributed by atoms with E-state index < -0.39 is 35.1 Å². The third-order valence-electron chi connectivity index (χ3n) is 10.7. The number of fused-ring (bicyclic) bond motifs is 1. The number of hydrogen-bond acceptors (Lipinski definition) is 8. The van der Waals surface area contributed by atoms with Crippen LogP contribution in [0.15, 0.2) is 12.2 Å². The summed E-state index contributed by atoms with van der Waals surface area (Å²) in [6.45, 7) is 19.7. The van der Waals surface area contributed by atoms with E-state index in [2.05, 4.69) is 50.2 Å². The minimum atomic E-state index is -1.29. The first-order valence-electron chi connectivity index (χ1n) is 15.8. The molecule has 242 valence electrons. The van der Waals surface area contributed by atoms with Crippen LogP contribution in [0.1, 0.15) is 113 Å². The van der Waals surface area contributed by atoms with Gasteiger partial charge in [-0.25, -0.2) is 0 Å². The highest BCUT2D eigenvalue weighted by atomic mass is 79.9. The fraction of sp³-hybridized carbons (Fsp3) is 0.909. The maximum Gasteiger partial charge on any atom is 0.303 e. The number of esters is 1. The molecule has 0 radical (unpaired) electrons. The van der Waals surface area contributed by atoms with E-state index >= 15 is 0 Å². The first-order chi connectivity index (χ1) is 19.3. The number of alkyl halides is 1. The van der Waals surface area contributed by atoms with E-state index in [0.717, 1.165) is 37.7 Å². The van der Waals surface area contributed by atoms with Gasteiger partial charge in [0.2, 0.25) is 0 Å². The van der Waals surface area contributed by atoms with Crippen molar-refractivity contribution in [2.45, 2.75) is 183 Å². The van der Waals surface area contributed by atoms with Crippen molar-refractivity contribution in [3.8, 4) is 0 Å². The van der Waals surface area contributed by atoms with Gasteiger partial charge in [0.15, 0.2) is 0 Å². The summed E-state index contributed by atoms with van der Waals surface area (Å²) in [6.07, 6.45) is 5.02. The maximum atomic E-state index is 12.0. The highest BCUT2D eigenvalue weighted by Crippen LogP contribution is 2.50. The van der Waals surface area contributed by atoms with Gasteiger partial charge in [-0.2, -0.15) is 0 Å². The zero-order valence-corrected chi connectivity index (χ0v) is 28.9. The third-order valence-corrected chi connectivity index (χ3v) is 12.3. The molecule has 42 heavy (non-hydrogen) atoms. The molecular formula is C33H55BrO8. The molecule has 11 atom stereocenters. The highest BCUT2D eigenvalue weighted by molar-refractivity contribution is 9.09. The Balaban J connectivity index is 1.44. The van der Waals surface area contributed by atoms with Crippen molar-refractivity contribution in [2.24, 2.45) is 0 Å². The van der Waals surface area contributed by atoms with Gasteiger partial charge in [-0.3, -0.25) is 4.79 Å². The summed E-state index contributed by atoms with van der Waals surface area (Å²) in [5.74, 6) is -0.359. The van der Waals surface area contributed by atoms with Gasteiger partial charge < -0.3 is 33.5 Å². The summed E-state index contributed by atoms with van der Waals surface area (Å²) < 4.78 is 38.2. The zero-order chi connectivity index (χ0) is 31.3. The Hall–Kier alpha value is -0.550. The van der Waals surface area contributed by atoms with Crippen molar-refractivity contribution in [2.75, 3.05) is 7.11 Å². The second-order valence-electron chi connectivity index (χ2n) is 14.8. The lowest BCUT2D eigenvalue weighted by Gasteiger charge is -2.56. The zero-order valence-electron chi connectivity index (χ0n) is 27.3. The molecule has 0 aromatic rings. The lowest BCUT2D eigenvalue weighted by atomic mass is 9.75. The number of aliphatic hydroxyl groups is 1. The van der Waals surface area contributed by atoms with Crippen LogP contribution in [-0.4, -0.2) is 87.6 Å². The molecule has 0 amide bonds. The van der Waals surface area contributed by atoms with Gasteiger partial charge in [0.05, 0.1) is 47.3 Å². The second kappa shape index (κ2) is 12.3. The Bertz CT molecular complexity index is 1000. The summed E-state index contributed by atoms with van der Waals surface area (Å²) in [6, 6.07) is 0. The molecule has 1 N–H and O–H groups in total. The molecule has 4 aliphatic heterocycles. The third kappa shape index (κ3) is 6.82. The molecule has 9 heteroatoms. The van der Waals surface area contributed by atoms with E-state index in [4.69, 9.17) is 28.4 Å². The van der Waals surface area contributed by atoms with Crippen LogP contribution in [0.25, 0.3) is 0 Å². The Kier molecular flexibility index (Phi) is 10.1. The lowest BCUT2D eigenvalue weighted by molar-refractivity contribution is -0.308. The van der Waals surface area contributed by atoms with Gasteiger partial charge in [-0.15, -0.1) is 0 Å². The number of methoxy groups -OCH3 is 1. The van der Waals surface area contributed by atoms with Crippen LogP contribution >= 0.6 is 15.9 Å². The van der Waals surface area contributed by atoms with E-state index in [0.29, 0.717) is 30.5 Å². The summed E-state index contributed by atoms with van der Waals surface area (Å²) >= 11 is 3.80. The maximum absolute atomic E-state index is 12.0. The van der Waals surface area contributed by atoms with Gasteiger partial charge in [-0.1, -0.05) is 28.1 Å². The Morgan fingerprint density at radius 3 is 2.26 bits per heavy atom. The molecule has 0 aromatic carbocycles. The van der Waals surface area contributed by atoms with Crippen LogP contribution in [0.5, 0.6) is 0 Å². The van der Waals surface area contributed by atoms with E-state index in [1.165, 1.54) is 6.92 Å². The molecule has 0 aliphatic carbocycles. The van der Waals surface area contributed by atoms with E-state index in [-0.39, 0.29) is 35.5 Å². The SMILES string of the molecule is C=C(C)[C@@H](CC[C@]1(C)O[C@@H]([C@](C)(O)[C@@H]2CC[C@H]3O[C@@H]([C@]4(C)CC[C@@H](Br)C(C)(C)O4)CC[C@]3(C)O2)C[C@H]1OC(C)=O)OC. The molecule has 8 nitrogen and oxygen atoms in total. The molecule has 4 saturated heterocycles. The molecule has 0 bridgehead atoms. The van der Waals surface area contributed by atoms with Crippen LogP contribution in [0, 0.1) is 0 Å². The summed E-state index contributed by atoms with van der Waals surface area (Å²) in [5.41, 5.74) is -2.26. The number of hydrogen-bond donors (Lipinski definition) is 1. The predicted molar refractivity (Wildman–Crippen MR) is 165 cm³/mol. The number of halogens is 1. The van der Waals surface area contributed by atoms with Crippen LogP contribution in [0.2, 0.25) is 0 Å². The van der Waals surface area contributed by atoms with Gasteiger partial charge in [0.1, 0.15) is 17.3 Å². The van der Waals surface area contributed by atoms with Crippen molar-refractivity contribution in [3.05, 3.63) is 12.2 Å². The Labute approximate surface area is 261 Å². The average Bonchev–Trinajstić information content (AvgIpc) is 3.21. The number of rotatable bonds is 9. The highest BCUT2D eigenvalue weighted by Gasteiger charge is 2.59. The molecular weight excluding hydrogens is 604 g/mol. The van der Waals surface area contributed by atoms with E-state index in [9.17, 15) is 9.90 Å². The minimum Gasteiger partial charge on any atom is -0.459 e. The smallest absolute Gasteiger partial charge is 0.303 e. The quantitative estimate of drug-likeness (QED) is 0.178. The summed E-state index contributed by atoms with van der Waals surface area (Å²) in [4.78, 5) is 12.4. The second-order valence-corrected chi connectivity index (χ2v) is 15.9. The lowest BCUT2D eigenvalue weighted by Crippen LogP contribution is -2.64. The first kappa shape index (κ1) is 34.3. The normalized spacial score (nSPS) is 44.1. The molecule has 4 aliphatic rings. The average molecular weight is 660 g/mol. The van der Waals surface area contributed by atoms with Crippen molar-refractivity contribution in [1.82, 2.24) is 0 Å². The number of carbonyl (C=O) groups excluding carboxylic acids is 1.